The first-order valence-electron chi connectivity index (χ1n) is 7.53. The number of fused-ring (bicyclic) bond motifs is 3. The number of aliphatic hydroxyl groups is 1. The predicted octanol–water partition coefficient (Wildman–Crippen LogP) is 4.49. The molecule has 0 aromatic heterocycles. The van der Waals surface area contributed by atoms with Gasteiger partial charge in [-0.1, -0.05) is 48.0 Å². The van der Waals surface area contributed by atoms with E-state index in [0.29, 0.717) is 0 Å². The van der Waals surface area contributed by atoms with Crippen LogP contribution in [-0.4, -0.2) is 21.2 Å². The van der Waals surface area contributed by atoms with Gasteiger partial charge < -0.3 is 5.11 Å². The fourth-order valence-electron chi connectivity index (χ4n) is 3.14. The zero-order chi connectivity index (χ0) is 15.9. The van der Waals surface area contributed by atoms with Gasteiger partial charge in [-0.25, -0.2) is 4.99 Å². The van der Waals surface area contributed by atoms with Gasteiger partial charge in [-0.3, -0.25) is 0 Å². The second kappa shape index (κ2) is 6.17. The van der Waals surface area contributed by atoms with E-state index in [9.17, 15) is 5.11 Å². The van der Waals surface area contributed by atoms with E-state index in [1.807, 2.05) is 36.0 Å². The van der Waals surface area contributed by atoms with E-state index in [1.165, 1.54) is 5.56 Å². The molecule has 2 aromatic rings. The molecule has 1 heterocycles. The molecule has 0 saturated carbocycles. The molecule has 1 N–H and O–H groups in total. The van der Waals surface area contributed by atoms with Crippen LogP contribution in [0.15, 0.2) is 53.5 Å². The molecule has 2 unspecified atom stereocenters. The van der Waals surface area contributed by atoms with Crippen molar-refractivity contribution in [2.24, 2.45) is 4.99 Å². The van der Waals surface area contributed by atoms with E-state index in [1.54, 1.807) is 11.8 Å². The third-order valence-electron chi connectivity index (χ3n) is 4.23. The second-order valence-electron chi connectivity index (χ2n) is 5.82. The van der Waals surface area contributed by atoms with E-state index in [4.69, 9.17) is 11.6 Å². The Labute approximate surface area is 149 Å². The van der Waals surface area contributed by atoms with Crippen LogP contribution in [0.5, 0.6) is 0 Å². The summed E-state index contributed by atoms with van der Waals surface area (Å²) in [6, 6.07) is 16.1. The van der Waals surface area contributed by atoms with Crippen LogP contribution < -0.4 is 0 Å². The normalized spacial score (nSPS) is 25.1. The topological polar surface area (TPSA) is 32.6 Å². The maximum atomic E-state index is 11.0. The minimum atomic E-state index is -1.06. The van der Waals surface area contributed by atoms with E-state index in [0.717, 1.165) is 39.1 Å². The SMILES string of the molecule is OC12N=C(CSCc3ccccc3)SC1Cc1cc(Cl)ccc12. The Kier molecular flexibility index (Phi) is 4.18. The molecule has 0 spiro atoms. The molecule has 2 aromatic carbocycles. The first kappa shape index (κ1) is 15.6. The van der Waals surface area contributed by atoms with Gasteiger partial charge in [-0.2, -0.15) is 11.8 Å². The van der Waals surface area contributed by atoms with Gasteiger partial charge in [0.25, 0.3) is 0 Å². The largest absolute Gasteiger partial charge is 0.365 e. The first-order valence-corrected chi connectivity index (χ1v) is 9.95. The number of hydrogen-bond acceptors (Lipinski definition) is 4. The average Bonchev–Trinajstić information content (AvgIpc) is 2.97. The lowest BCUT2D eigenvalue weighted by atomic mass is 10.1. The molecule has 4 rings (SSSR count). The zero-order valence-electron chi connectivity index (χ0n) is 12.4. The summed E-state index contributed by atoms with van der Waals surface area (Å²) in [5.41, 5.74) is 2.30. The number of thioether (sulfide) groups is 2. The van der Waals surface area contributed by atoms with Crippen LogP contribution in [0.25, 0.3) is 0 Å². The third kappa shape index (κ3) is 2.93. The Balaban J connectivity index is 1.46. The highest BCUT2D eigenvalue weighted by molar-refractivity contribution is 8.16. The van der Waals surface area contributed by atoms with Gasteiger partial charge in [0, 0.05) is 22.1 Å². The highest BCUT2D eigenvalue weighted by atomic mass is 35.5. The smallest absolute Gasteiger partial charge is 0.196 e. The lowest BCUT2D eigenvalue weighted by Crippen LogP contribution is -2.27. The molecule has 2 nitrogen and oxygen atoms in total. The fraction of sp³-hybridized carbons (Fsp3) is 0.278. The summed E-state index contributed by atoms with van der Waals surface area (Å²) >= 11 is 9.61. The van der Waals surface area contributed by atoms with Crippen molar-refractivity contribution in [3.05, 3.63) is 70.2 Å². The molecule has 0 radical (unpaired) electrons. The van der Waals surface area contributed by atoms with Crippen molar-refractivity contribution in [1.82, 2.24) is 0 Å². The maximum absolute atomic E-state index is 11.0. The number of halogens is 1. The van der Waals surface area contributed by atoms with Crippen LogP contribution in [-0.2, 0) is 17.9 Å². The highest BCUT2D eigenvalue weighted by Crippen LogP contribution is 2.50. The Morgan fingerprint density at radius 2 is 2.04 bits per heavy atom. The van der Waals surface area contributed by atoms with Crippen LogP contribution in [0, 0.1) is 0 Å². The maximum Gasteiger partial charge on any atom is 0.196 e. The monoisotopic (exact) mass is 361 g/mol. The number of aliphatic imine (C=N–C) groups is 1. The molecule has 1 aliphatic heterocycles. The molecule has 0 fully saturated rings. The zero-order valence-corrected chi connectivity index (χ0v) is 14.8. The number of rotatable bonds is 4. The predicted molar refractivity (Wildman–Crippen MR) is 100 cm³/mol. The molecule has 0 saturated heterocycles. The van der Waals surface area contributed by atoms with E-state index in [2.05, 4.69) is 29.3 Å². The van der Waals surface area contributed by atoms with E-state index in [-0.39, 0.29) is 5.25 Å². The molecule has 23 heavy (non-hydrogen) atoms. The van der Waals surface area contributed by atoms with Crippen LogP contribution in [0.3, 0.4) is 0 Å². The van der Waals surface area contributed by atoms with Crippen LogP contribution >= 0.6 is 35.1 Å². The number of nitrogens with zero attached hydrogens (tertiary/aromatic N) is 1. The average molecular weight is 362 g/mol. The van der Waals surface area contributed by atoms with Gasteiger partial charge >= 0.3 is 0 Å². The van der Waals surface area contributed by atoms with Crippen LogP contribution in [0.2, 0.25) is 5.02 Å². The van der Waals surface area contributed by atoms with Gasteiger partial charge in [0.05, 0.1) is 10.3 Å². The Hall–Kier alpha value is -0.940. The Bertz CT molecular complexity index is 765. The van der Waals surface area contributed by atoms with E-state index >= 15 is 0 Å². The van der Waals surface area contributed by atoms with Crippen LogP contribution in [0.1, 0.15) is 16.7 Å². The molecule has 1 aliphatic carbocycles. The molecule has 2 atom stereocenters. The summed E-state index contributed by atoms with van der Waals surface area (Å²) in [5.74, 6) is 1.82. The molecule has 118 valence electrons. The summed E-state index contributed by atoms with van der Waals surface area (Å²) in [5, 5.41) is 12.8. The van der Waals surface area contributed by atoms with Gasteiger partial charge in [-0.05, 0) is 29.7 Å². The summed E-state index contributed by atoms with van der Waals surface area (Å²) < 4.78 is 0. The van der Waals surface area contributed by atoms with Crippen molar-refractivity contribution in [3.63, 3.8) is 0 Å². The van der Waals surface area contributed by atoms with Crippen molar-refractivity contribution >= 4 is 40.2 Å². The molecule has 5 heteroatoms. The minimum Gasteiger partial charge on any atom is -0.365 e. The Morgan fingerprint density at radius 3 is 2.87 bits per heavy atom. The second-order valence-corrected chi connectivity index (χ2v) is 8.52. The Morgan fingerprint density at radius 1 is 1.22 bits per heavy atom. The quantitative estimate of drug-likeness (QED) is 0.870. The number of benzene rings is 2. The van der Waals surface area contributed by atoms with Gasteiger partial charge in [0.1, 0.15) is 0 Å². The minimum absolute atomic E-state index is 0.0864. The van der Waals surface area contributed by atoms with Crippen molar-refractivity contribution in [2.45, 2.75) is 23.1 Å². The van der Waals surface area contributed by atoms with Crippen molar-refractivity contribution in [2.75, 3.05) is 5.75 Å². The fourth-order valence-corrected chi connectivity index (χ4v) is 5.75. The molecular formula is C18H16ClNOS2. The number of hydrogen-bond donors (Lipinski definition) is 1. The molecular weight excluding hydrogens is 346 g/mol. The van der Waals surface area contributed by atoms with Gasteiger partial charge in [0.2, 0.25) is 0 Å². The van der Waals surface area contributed by atoms with Gasteiger partial charge in [0.15, 0.2) is 5.72 Å². The first-order chi connectivity index (χ1) is 11.1. The van der Waals surface area contributed by atoms with Crippen molar-refractivity contribution in [1.29, 1.82) is 0 Å². The van der Waals surface area contributed by atoms with Crippen molar-refractivity contribution in [3.8, 4) is 0 Å². The van der Waals surface area contributed by atoms with Gasteiger partial charge in [-0.15, -0.1) is 11.8 Å². The molecule has 0 amide bonds. The lowest BCUT2D eigenvalue weighted by Gasteiger charge is -2.19. The van der Waals surface area contributed by atoms with E-state index < -0.39 is 5.72 Å². The van der Waals surface area contributed by atoms with Crippen molar-refractivity contribution < 1.29 is 5.11 Å². The summed E-state index contributed by atoms with van der Waals surface area (Å²) in [6.07, 6.45) is 0.827. The third-order valence-corrected chi connectivity index (χ3v) is 6.95. The van der Waals surface area contributed by atoms with Crippen LogP contribution in [0.4, 0.5) is 0 Å². The standard InChI is InChI=1S/C18H16ClNOS2/c19-14-6-7-15-13(8-14)9-16-18(15,21)20-17(23-16)11-22-10-12-4-2-1-3-5-12/h1-8,16,21H,9-11H2. The summed E-state index contributed by atoms with van der Waals surface area (Å²) in [7, 11) is 0. The summed E-state index contributed by atoms with van der Waals surface area (Å²) in [4.78, 5) is 4.66. The molecule has 0 bridgehead atoms. The lowest BCUT2D eigenvalue weighted by molar-refractivity contribution is 0.0580. The molecule has 2 aliphatic rings. The highest BCUT2D eigenvalue weighted by Gasteiger charge is 2.50. The summed E-state index contributed by atoms with van der Waals surface area (Å²) in [6.45, 7) is 0.